The van der Waals surface area contributed by atoms with Gasteiger partial charge in [0, 0.05) is 22.1 Å². The largest absolute Gasteiger partial charge is 0.376 e. The molecule has 28 heavy (non-hydrogen) atoms. The number of aromatic nitrogens is 1. The monoisotopic (exact) mass is 432 g/mol. The minimum Gasteiger partial charge on any atom is -0.376 e. The summed E-state index contributed by atoms with van der Waals surface area (Å²) >= 11 is 9.41. The van der Waals surface area contributed by atoms with Crippen molar-refractivity contribution in [3.8, 4) is 0 Å². The van der Waals surface area contributed by atoms with Gasteiger partial charge < -0.3 is 4.74 Å². The van der Waals surface area contributed by atoms with E-state index in [1.165, 1.54) is 11.3 Å². The average Bonchev–Trinajstić information content (AvgIpc) is 3.38. The van der Waals surface area contributed by atoms with Crippen LogP contribution in [0.25, 0.3) is 10.2 Å². The van der Waals surface area contributed by atoms with Crippen LogP contribution >= 0.6 is 34.7 Å². The maximum absolute atomic E-state index is 13.4. The number of aryl methyl sites for hydroxylation is 1. The zero-order chi connectivity index (χ0) is 19.7. The van der Waals surface area contributed by atoms with Gasteiger partial charge in [0.1, 0.15) is 0 Å². The topological polar surface area (TPSA) is 42.4 Å². The highest BCUT2D eigenvalue weighted by Gasteiger charge is 2.27. The van der Waals surface area contributed by atoms with E-state index in [1.54, 1.807) is 16.7 Å². The van der Waals surface area contributed by atoms with E-state index in [0.29, 0.717) is 22.3 Å². The van der Waals surface area contributed by atoms with E-state index in [1.807, 2.05) is 49.6 Å². The van der Waals surface area contributed by atoms with Crippen LogP contribution in [0.2, 0.25) is 5.02 Å². The van der Waals surface area contributed by atoms with Gasteiger partial charge in [-0.1, -0.05) is 29.0 Å². The Labute approximate surface area is 177 Å². The van der Waals surface area contributed by atoms with Crippen LogP contribution in [0.4, 0.5) is 5.13 Å². The van der Waals surface area contributed by atoms with Crippen molar-refractivity contribution in [1.82, 2.24) is 4.98 Å². The predicted octanol–water partition coefficient (Wildman–Crippen LogP) is 5.81. The van der Waals surface area contributed by atoms with E-state index in [4.69, 9.17) is 21.3 Å². The number of rotatable bonds is 5. The number of anilines is 1. The lowest BCUT2D eigenvalue weighted by Crippen LogP contribution is -2.37. The highest BCUT2D eigenvalue weighted by Crippen LogP contribution is 2.35. The van der Waals surface area contributed by atoms with Gasteiger partial charge in [0.05, 0.1) is 22.9 Å². The fourth-order valence-electron chi connectivity index (χ4n) is 3.36. The standard InChI is InChI=1S/C21H21ClN2O2S2/c1-13-17(22)8-9-18-19(13)23-21(28-18)24(12-15-6-4-10-26-15)20(25)14-5-3-7-16(11-14)27-2/h3,5,7-9,11,15H,4,6,10,12H2,1-2H3. The molecule has 1 fully saturated rings. The van der Waals surface area contributed by atoms with Gasteiger partial charge in [0.25, 0.3) is 5.91 Å². The molecule has 1 aliphatic rings. The summed E-state index contributed by atoms with van der Waals surface area (Å²) in [7, 11) is 0. The Morgan fingerprint density at radius 3 is 3.00 bits per heavy atom. The number of halogens is 1. The molecule has 2 heterocycles. The first-order chi connectivity index (χ1) is 13.6. The molecule has 4 rings (SSSR count). The number of ether oxygens (including phenoxy) is 1. The van der Waals surface area contributed by atoms with Crippen molar-refractivity contribution in [3.05, 3.63) is 52.5 Å². The van der Waals surface area contributed by atoms with Gasteiger partial charge in [-0.2, -0.15) is 0 Å². The number of thiazole rings is 1. The molecule has 1 atom stereocenters. The van der Waals surface area contributed by atoms with Gasteiger partial charge in [0.2, 0.25) is 0 Å². The van der Waals surface area contributed by atoms with Crippen molar-refractivity contribution in [1.29, 1.82) is 0 Å². The van der Waals surface area contributed by atoms with Crippen molar-refractivity contribution >= 4 is 56.0 Å². The van der Waals surface area contributed by atoms with E-state index < -0.39 is 0 Å². The molecule has 146 valence electrons. The van der Waals surface area contributed by atoms with Crippen molar-refractivity contribution in [2.24, 2.45) is 0 Å². The van der Waals surface area contributed by atoms with Gasteiger partial charge in [-0.3, -0.25) is 9.69 Å². The number of carbonyl (C=O) groups excluding carboxylic acids is 1. The summed E-state index contributed by atoms with van der Waals surface area (Å²) in [5.41, 5.74) is 2.46. The minimum absolute atomic E-state index is 0.0457. The van der Waals surface area contributed by atoms with Crippen LogP contribution in [0, 0.1) is 6.92 Å². The Hall–Kier alpha value is -1.60. The van der Waals surface area contributed by atoms with Crippen LogP contribution in [-0.4, -0.2) is 36.4 Å². The quantitative estimate of drug-likeness (QED) is 0.477. The van der Waals surface area contributed by atoms with E-state index >= 15 is 0 Å². The molecule has 0 bridgehead atoms. The molecular formula is C21H21ClN2O2S2. The Balaban J connectivity index is 1.74. The molecule has 0 saturated carbocycles. The molecule has 1 unspecified atom stereocenters. The number of amides is 1. The van der Waals surface area contributed by atoms with Gasteiger partial charge in [-0.15, -0.1) is 11.8 Å². The Morgan fingerprint density at radius 1 is 1.39 bits per heavy atom. The van der Waals surface area contributed by atoms with Crippen molar-refractivity contribution < 1.29 is 9.53 Å². The minimum atomic E-state index is -0.0470. The van der Waals surface area contributed by atoms with Gasteiger partial charge in [-0.25, -0.2) is 4.98 Å². The smallest absolute Gasteiger partial charge is 0.260 e. The highest BCUT2D eigenvalue weighted by atomic mass is 35.5. The van der Waals surface area contributed by atoms with Crippen LogP contribution in [0.3, 0.4) is 0 Å². The van der Waals surface area contributed by atoms with E-state index in [2.05, 4.69) is 0 Å². The third-order valence-electron chi connectivity index (χ3n) is 4.94. The number of hydrogen-bond acceptors (Lipinski definition) is 5. The molecule has 0 spiro atoms. The first kappa shape index (κ1) is 19.7. The summed E-state index contributed by atoms with van der Waals surface area (Å²) in [6.45, 7) is 3.22. The molecule has 4 nitrogen and oxygen atoms in total. The molecule has 0 N–H and O–H groups in total. The van der Waals surface area contributed by atoms with E-state index in [0.717, 1.165) is 40.1 Å². The molecule has 1 amide bonds. The second-order valence-electron chi connectivity index (χ2n) is 6.80. The Kier molecular flexibility index (Phi) is 5.92. The molecule has 0 aliphatic carbocycles. The number of carbonyl (C=O) groups is 1. The Bertz CT molecular complexity index is 1010. The molecule has 1 aromatic heterocycles. The molecule has 0 radical (unpaired) electrons. The van der Waals surface area contributed by atoms with Crippen molar-refractivity contribution in [2.45, 2.75) is 30.8 Å². The third kappa shape index (κ3) is 3.92. The molecule has 2 aromatic carbocycles. The zero-order valence-electron chi connectivity index (χ0n) is 15.8. The lowest BCUT2D eigenvalue weighted by atomic mass is 10.1. The zero-order valence-corrected chi connectivity index (χ0v) is 18.2. The summed E-state index contributed by atoms with van der Waals surface area (Å²) in [6, 6.07) is 11.6. The third-order valence-corrected chi connectivity index (χ3v) is 7.12. The normalized spacial score (nSPS) is 16.6. The molecule has 3 aromatic rings. The van der Waals surface area contributed by atoms with Crippen LogP contribution in [0.5, 0.6) is 0 Å². The van der Waals surface area contributed by atoms with Crippen molar-refractivity contribution in [3.63, 3.8) is 0 Å². The fraction of sp³-hybridized carbons (Fsp3) is 0.333. The summed E-state index contributed by atoms with van der Waals surface area (Å²) < 4.78 is 6.84. The summed E-state index contributed by atoms with van der Waals surface area (Å²) in [6.07, 6.45) is 4.05. The van der Waals surface area contributed by atoms with Crippen LogP contribution in [-0.2, 0) is 4.74 Å². The molecule has 1 saturated heterocycles. The van der Waals surface area contributed by atoms with Gasteiger partial charge in [0.15, 0.2) is 5.13 Å². The number of thioether (sulfide) groups is 1. The van der Waals surface area contributed by atoms with E-state index in [9.17, 15) is 4.79 Å². The van der Waals surface area contributed by atoms with Gasteiger partial charge in [-0.05, 0) is 61.9 Å². The first-order valence-electron chi connectivity index (χ1n) is 9.20. The number of benzene rings is 2. The average molecular weight is 433 g/mol. The van der Waals surface area contributed by atoms with E-state index in [-0.39, 0.29) is 12.0 Å². The highest BCUT2D eigenvalue weighted by molar-refractivity contribution is 7.98. The lowest BCUT2D eigenvalue weighted by Gasteiger charge is -2.23. The van der Waals surface area contributed by atoms with Crippen molar-refractivity contribution in [2.75, 3.05) is 24.3 Å². The molecular weight excluding hydrogens is 412 g/mol. The summed E-state index contributed by atoms with van der Waals surface area (Å²) in [4.78, 5) is 21.1. The van der Waals surface area contributed by atoms with Crippen LogP contribution in [0.1, 0.15) is 28.8 Å². The molecule has 7 heteroatoms. The summed E-state index contributed by atoms with van der Waals surface area (Å²) in [5.74, 6) is -0.0470. The van der Waals surface area contributed by atoms with Crippen LogP contribution < -0.4 is 4.90 Å². The molecule has 1 aliphatic heterocycles. The number of hydrogen-bond donors (Lipinski definition) is 0. The maximum atomic E-state index is 13.4. The number of nitrogens with zero attached hydrogens (tertiary/aromatic N) is 2. The number of fused-ring (bicyclic) bond motifs is 1. The van der Waals surface area contributed by atoms with Crippen LogP contribution in [0.15, 0.2) is 41.3 Å². The summed E-state index contributed by atoms with van der Waals surface area (Å²) in [5, 5.41) is 1.38. The predicted molar refractivity (Wildman–Crippen MR) is 118 cm³/mol. The SMILES string of the molecule is CSc1cccc(C(=O)N(CC2CCCO2)c2nc3c(C)c(Cl)ccc3s2)c1. The second-order valence-corrected chi connectivity index (χ2v) is 9.09. The first-order valence-corrected chi connectivity index (χ1v) is 11.6. The van der Waals surface area contributed by atoms with Gasteiger partial charge >= 0.3 is 0 Å². The Morgan fingerprint density at radius 2 is 2.25 bits per heavy atom. The maximum Gasteiger partial charge on any atom is 0.260 e. The second kappa shape index (κ2) is 8.41. The fourth-order valence-corrected chi connectivity index (χ4v) is 5.00. The lowest BCUT2D eigenvalue weighted by molar-refractivity contribution is 0.0917.